The van der Waals surface area contributed by atoms with Crippen LogP contribution in [-0.4, -0.2) is 17.6 Å². The van der Waals surface area contributed by atoms with Crippen molar-refractivity contribution in [1.82, 2.24) is 4.98 Å². The number of pyridine rings is 1. The lowest BCUT2D eigenvalue weighted by Gasteiger charge is -2.34. The molecule has 0 bridgehead atoms. The van der Waals surface area contributed by atoms with Gasteiger partial charge in [0.15, 0.2) is 0 Å². The van der Waals surface area contributed by atoms with Gasteiger partial charge in [-0.3, -0.25) is 0 Å². The number of rotatable bonds is 1. The third-order valence-corrected chi connectivity index (χ3v) is 3.24. The van der Waals surface area contributed by atoms with Crippen molar-refractivity contribution < 1.29 is 0 Å². The number of hydrogen-bond donors (Lipinski definition) is 0. The van der Waals surface area contributed by atoms with Crippen molar-refractivity contribution in [1.29, 1.82) is 0 Å². The molecule has 0 amide bonds. The lowest BCUT2D eigenvalue weighted by atomic mass is 10.0. The summed E-state index contributed by atoms with van der Waals surface area (Å²) in [5.41, 5.74) is 0. The summed E-state index contributed by atoms with van der Waals surface area (Å²) in [6.45, 7) is 3.42. The highest BCUT2D eigenvalue weighted by Crippen LogP contribution is 2.23. The predicted molar refractivity (Wildman–Crippen MR) is 62.6 cm³/mol. The second-order valence-corrected chi connectivity index (χ2v) is 4.67. The van der Waals surface area contributed by atoms with Crippen molar-refractivity contribution in [2.24, 2.45) is 0 Å². The molecule has 0 saturated carbocycles. The van der Waals surface area contributed by atoms with Crippen molar-refractivity contribution in [3.8, 4) is 0 Å². The Balaban J connectivity index is 2.20. The van der Waals surface area contributed by atoms with Crippen molar-refractivity contribution in [3.05, 3.63) is 22.8 Å². The Bertz CT molecular complexity index is 314. The fourth-order valence-corrected chi connectivity index (χ4v) is 2.33. The van der Waals surface area contributed by atoms with Crippen LogP contribution < -0.4 is 4.90 Å². The molecule has 2 heterocycles. The molecule has 0 aliphatic carbocycles. The van der Waals surface area contributed by atoms with Crippen molar-refractivity contribution in [3.63, 3.8) is 0 Å². The van der Waals surface area contributed by atoms with Gasteiger partial charge in [0.25, 0.3) is 0 Å². The highest BCUT2D eigenvalue weighted by atomic mass is 79.9. The van der Waals surface area contributed by atoms with Crippen molar-refractivity contribution in [2.45, 2.75) is 32.2 Å². The molecule has 1 saturated heterocycles. The van der Waals surface area contributed by atoms with E-state index >= 15 is 0 Å². The standard InChI is InChI=1S/C11H15BrN2/c1-9-5-2-3-8-14(9)11-7-4-6-10(12)13-11/h4,6-7,9H,2-3,5,8H2,1H3/t9-/m1/s1. The fraction of sp³-hybridized carbons (Fsp3) is 0.545. The third-order valence-electron chi connectivity index (χ3n) is 2.80. The van der Waals surface area contributed by atoms with E-state index in [4.69, 9.17) is 0 Å². The zero-order valence-corrected chi connectivity index (χ0v) is 10.00. The van der Waals surface area contributed by atoms with Crippen LogP contribution in [0.4, 0.5) is 5.82 Å². The number of aromatic nitrogens is 1. The Morgan fingerprint density at radius 2 is 2.29 bits per heavy atom. The van der Waals surface area contributed by atoms with Crippen LogP contribution in [0.25, 0.3) is 0 Å². The molecular formula is C11H15BrN2. The number of hydrogen-bond acceptors (Lipinski definition) is 2. The molecule has 1 aromatic heterocycles. The minimum Gasteiger partial charge on any atom is -0.354 e. The average molecular weight is 255 g/mol. The summed E-state index contributed by atoms with van der Waals surface area (Å²) in [5, 5.41) is 0. The topological polar surface area (TPSA) is 16.1 Å². The monoisotopic (exact) mass is 254 g/mol. The summed E-state index contributed by atoms with van der Waals surface area (Å²) >= 11 is 3.41. The molecule has 2 nitrogen and oxygen atoms in total. The van der Waals surface area contributed by atoms with E-state index in [1.807, 2.05) is 12.1 Å². The highest BCUT2D eigenvalue weighted by molar-refractivity contribution is 9.10. The van der Waals surface area contributed by atoms with Crippen LogP contribution in [0.5, 0.6) is 0 Å². The zero-order chi connectivity index (χ0) is 9.97. The van der Waals surface area contributed by atoms with Gasteiger partial charge in [0, 0.05) is 12.6 Å². The van der Waals surface area contributed by atoms with Crippen LogP contribution >= 0.6 is 15.9 Å². The van der Waals surface area contributed by atoms with E-state index in [1.165, 1.54) is 19.3 Å². The first-order chi connectivity index (χ1) is 6.77. The Morgan fingerprint density at radius 3 is 3.00 bits per heavy atom. The Hall–Kier alpha value is -0.570. The molecule has 1 aliphatic heterocycles. The molecule has 1 fully saturated rings. The van der Waals surface area contributed by atoms with Gasteiger partial charge < -0.3 is 4.90 Å². The van der Waals surface area contributed by atoms with Gasteiger partial charge in [-0.05, 0) is 54.2 Å². The first kappa shape index (κ1) is 9.97. The minimum atomic E-state index is 0.630. The maximum Gasteiger partial charge on any atom is 0.130 e. The number of halogens is 1. The second-order valence-electron chi connectivity index (χ2n) is 3.86. The zero-order valence-electron chi connectivity index (χ0n) is 8.41. The van der Waals surface area contributed by atoms with Gasteiger partial charge >= 0.3 is 0 Å². The molecule has 1 aromatic rings. The molecule has 76 valence electrons. The lowest BCUT2D eigenvalue weighted by Crippen LogP contribution is -2.37. The van der Waals surface area contributed by atoms with Gasteiger partial charge in [-0.25, -0.2) is 4.98 Å². The molecule has 1 aliphatic rings. The third kappa shape index (κ3) is 2.08. The van der Waals surface area contributed by atoms with Crippen LogP contribution in [0.3, 0.4) is 0 Å². The number of nitrogens with zero attached hydrogens (tertiary/aromatic N) is 2. The molecule has 0 N–H and O–H groups in total. The van der Waals surface area contributed by atoms with Crippen LogP contribution in [0.1, 0.15) is 26.2 Å². The molecule has 3 heteroatoms. The van der Waals surface area contributed by atoms with Gasteiger partial charge in [-0.15, -0.1) is 0 Å². The molecule has 0 spiro atoms. The molecule has 2 rings (SSSR count). The van der Waals surface area contributed by atoms with E-state index in [0.29, 0.717) is 6.04 Å². The van der Waals surface area contributed by atoms with E-state index in [0.717, 1.165) is 17.0 Å². The quantitative estimate of drug-likeness (QED) is 0.716. The van der Waals surface area contributed by atoms with E-state index in [9.17, 15) is 0 Å². The highest BCUT2D eigenvalue weighted by Gasteiger charge is 2.19. The first-order valence-electron chi connectivity index (χ1n) is 5.16. The van der Waals surface area contributed by atoms with Gasteiger partial charge in [0.05, 0.1) is 0 Å². The predicted octanol–water partition coefficient (Wildman–Crippen LogP) is 3.22. The average Bonchev–Trinajstić information content (AvgIpc) is 2.18. The van der Waals surface area contributed by atoms with Crippen LogP contribution in [0.2, 0.25) is 0 Å². The Kier molecular flexibility index (Phi) is 3.06. The van der Waals surface area contributed by atoms with Gasteiger partial charge in [-0.2, -0.15) is 0 Å². The number of piperidine rings is 1. The Labute approximate surface area is 93.5 Å². The Morgan fingerprint density at radius 1 is 1.43 bits per heavy atom. The molecule has 1 atom stereocenters. The van der Waals surface area contributed by atoms with Gasteiger partial charge in [0.1, 0.15) is 10.4 Å². The molecular weight excluding hydrogens is 240 g/mol. The largest absolute Gasteiger partial charge is 0.354 e. The number of anilines is 1. The summed E-state index contributed by atoms with van der Waals surface area (Å²) in [6, 6.07) is 6.74. The van der Waals surface area contributed by atoms with Crippen LogP contribution in [-0.2, 0) is 0 Å². The van der Waals surface area contributed by atoms with E-state index in [-0.39, 0.29) is 0 Å². The van der Waals surface area contributed by atoms with E-state index < -0.39 is 0 Å². The minimum absolute atomic E-state index is 0.630. The van der Waals surface area contributed by atoms with Gasteiger partial charge in [-0.1, -0.05) is 6.07 Å². The van der Waals surface area contributed by atoms with Crippen molar-refractivity contribution in [2.75, 3.05) is 11.4 Å². The summed E-state index contributed by atoms with van der Waals surface area (Å²) < 4.78 is 0.924. The second kappa shape index (κ2) is 4.30. The normalized spacial score (nSPS) is 22.4. The fourth-order valence-electron chi connectivity index (χ4n) is 2.00. The van der Waals surface area contributed by atoms with Crippen LogP contribution in [0, 0.1) is 0 Å². The van der Waals surface area contributed by atoms with Crippen LogP contribution in [0.15, 0.2) is 22.8 Å². The maximum absolute atomic E-state index is 4.49. The maximum atomic E-state index is 4.49. The van der Waals surface area contributed by atoms with Crippen molar-refractivity contribution >= 4 is 21.7 Å². The first-order valence-corrected chi connectivity index (χ1v) is 5.96. The summed E-state index contributed by atoms with van der Waals surface area (Å²) in [6.07, 6.45) is 3.93. The summed E-state index contributed by atoms with van der Waals surface area (Å²) in [5.74, 6) is 1.10. The van der Waals surface area contributed by atoms with E-state index in [1.54, 1.807) is 0 Å². The van der Waals surface area contributed by atoms with Gasteiger partial charge in [0.2, 0.25) is 0 Å². The molecule has 0 radical (unpaired) electrons. The molecule has 0 aromatic carbocycles. The molecule has 0 unspecified atom stereocenters. The van der Waals surface area contributed by atoms with E-state index in [2.05, 4.69) is 38.8 Å². The summed E-state index contributed by atoms with van der Waals surface area (Å²) in [4.78, 5) is 6.89. The molecule has 14 heavy (non-hydrogen) atoms. The smallest absolute Gasteiger partial charge is 0.130 e. The summed E-state index contributed by atoms with van der Waals surface area (Å²) in [7, 11) is 0. The lowest BCUT2D eigenvalue weighted by molar-refractivity contribution is 0.481. The SMILES string of the molecule is C[C@@H]1CCCCN1c1cccc(Br)n1.